The first-order valence-corrected chi connectivity index (χ1v) is 6.17. The summed E-state index contributed by atoms with van der Waals surface area (Å²) in [6.45, 7) is 2.16. The Morgan fingerprint density at radius 1 is 1.65 bits per heavy atom. The predicted molar refractivity (Wildman–Crippen MR) is 70.7 cm³/mol. The molecule has 1 N–H and O–H groups in total. The molecular formula is C13H14BrNO2. The highest BCUT2D eigenvalue weighted by Crippen LogP contribution is 2.43. The molecule has 1 heterocycles. The van der Waals surface area contributed by atoms with Crippen molar-refractivity contribution in [1.29, 1.82) is 0 Å². The van der Waals surface area contributed by atoms with E-state index in [9.17, 15) is 4.79 Å². The predicted octanol–water partition coefficient (Wildman–Crippen LogP) is 2.82. The van der Waals surface area contributed by atoms with E-state index in [1.165, 1.54) is 6.08 Å². The molecule has 0 saturated carbocycles. The number of carbonyl (C=O) groups is 1. The third-order valence-corrected chi connectivity index (χ3v) is 3.94. The zero-order valence-electron chi connectivity index (χ0n) is 9.77. The third-order valence-electron chi connectivity index (χ3n) is 3.38. The number of allylic oxidation sites excluding steroid dienone is 3. The monoisotopic (exact) mass is 295 g/mol. The number of halogens is 1. The molecule has 0 radical (unpaired) electrons. The molecule has 0 aromatic heterocycles. The Morgan fingerprint density at radius 2 is 2.35 bits per heavy atom. The van der Waals surface area contributed by atoms with Crippen LogP contribution in [0.5, 0.6) is 0 Å². The molecule has 0 aromatic rings. The molecule has 0 amide bonds. The van der Waals surface area contributed by atoms with Gasteiger partial charge in [-0.1, -0.05) is 22.0 Å². The van der Waals surface area contributed by atoms with Crippen molar-refractivity contribution >= 4 is 21.9 Å². The van der Waals surface area contributed by atoms with Crippen molar-refractivity contribution in [3.63, 3.8) is 0 Å². The Bertz CT molecular complexity index is 488. The van der Waals surface area contributed by atoms with E-state index in [2.05, 4.69) is 39.9 Å². The standard InChI is InChI=1S/C13H14BrNO2/c1-13-6-5-10(14)7-11(13)9(8-15(13)2)3-4-12(16)17/h3-5,7-8H,6H2,1-2H3,(H,16,17). The summed E-state index contributed by atoms with van der Waals surface area (Å²) in [6, 6.07) is 0. The van der Waals surface area contributed by atoms with Crippen LogP contribution in [0.25, 0.3) is 0 Å². The van der Waals surface area contributed by atoms with Crippen LogP contribution in [0.3, 0.4) is 0 Å². The minimum atomic E-state index is -0.923. The van der Waals surface area contributed by atoms with Crippen LogP contribution in [0.2, 0.25) is 0 Å². The van der Waals surface area contributed by atoms with Gasteiger partial charge >= 0.3 is 5.97 Å². The van der Waals surface area contributed by atoms with E-state index < -0.39 is 5.97 Å². The minimum Gasteiger partial charge on any atom is -0.478 e. The van der Waals surface area contributed by atoms with E-state index >= 15 is 0 Å². The molecule has 2 rings (SSSR count). The molecule has 3 nitrogen and oxygen atoms in total. The fraction of sp³-hybridized carbons (Fsp3) is 0.308. The number of aliphatic carboxylic acids is 1. The lowest BCUT2D eigenvalue weighted by Crippen LogP contribution is -2.39. The number of nitrogens with zero attached hydrogens (tertiary/aromatic N) is 1. The van der Waals surface area contributed by atoms with Crippen molar-refractivity contribution < 1.29 is 9.90 Å². The van der Waals surface area contributed by atoms with Crippen LogP contribution in [-0.2, 0) is 4.79 Å². The maximum Gasteiger partial charge on any atom is 0.328 e. The van der Waals surface area contributed by atoms with Gasteiger partial charge in [0, 0.05) is 23.8 Å². The molecule has 0 spiro atoms. The normalized spacial score (nSPS) is 27.7. The molecule has 1 atom stereocenters. The highest BCUT2D eigenvalue weighted by molar-refractivity contribution is 9.11. The van der Waals surface area contributed by atoms with Crippen LogP contribution in [0, 0.1) is 0 Å². The second-order valence-corrected chi connectivity index (χ2v) is 5.41. The molecule has 17 heavy (non-hydrogen) atoms. The van der Waals surface area contributed by atoms with Crippen molar-refractivity contribution in [2.75, 3.05) is 7.05 Å². The Kier molecular flexibility index (Phi) is 3.00. The van der Waals surface area contributed by atoms with Crippen LogP contribution in [0.4, 0.5) is 0 Å². The van der Waals surface area contributed by atoms with Crippen molar-refractivity contribution in [2.45, 2.75) is 18.9 Å². The molecule has 0 bridgehead atoms. The topological polar surface area (TPSA) is 40.5 Å². The average Bonchev–Trinajstić information content (AvgIpc) is 2.50. The van der Waals surface area contributed by atoms with Gasteiger partial charge in [0.2, 0.25) is 0 Å². The lowest BCUT2D eigenvalue weighted by atomic mass is 9.83. The first kappa shape index (κ1) is 12.2. The molecule has 2 aliphatic rings. The van der Waals surface area contributed by atoms with Gasteiger partial charge in [-0.3, -0.25) is 0 Å². The van der Waals surface area contributed by atoms with E-state index in [1.807, 2.05) is 13.2 Å². The van der Waals surface area contributed by atoms with Crippen molar-refractivity contribution in [3.8, 4) is 0 Å². The Balaban J connectivity index is 2.39. The summed E-state index contributed by atoms with van der Waals surface area (Å²) in [5.41, 5.74) is 2.06. The summed E-state index contributed by atoms with van der Waals surface area (Å²) in [5, 5.41) is 8.68. The molecule has 1 unspecified atom stereocenters. The van der Waals surface area contributed by atoms with Crippen molar-refractivity contribution in [2.24, 2.45) is 0 Å². The first-order chi connectivity index (χ1) is 7.93. The van der Waals surface area contributed by atoms with E-state index in [1.54, 1.807) is 6.08 Å². The maximum atomic E-state index is 10.6. The maximum absolute atomic E-state index is 10.6. The van der Waals surface area contributed by atoms with E-state index in [-0.39, 0.29) is 5.54 Å². The zero-order chi connectivity index (χ0) is 12.6. The lowest BCUT2D eigenvalue weighted by molar-refractivity contribution is -0.131. The molecule has 0 saturated heterocycles. The van der Waals surface area contributed by atoms with Gasteiger partial charge in [-0.25, -0.2) is 4.79 Å². The second kappa shape index (κ2) is 4.18. The lowest BCUT2D eigenvalue weighted by Gasteiger charge is -2.36. The summed E-state index contributed by atoms with van der Waals surface area (Å²) < 4.78 is 1.05. The number of fused-ring (bicyclic) bond motifs is 1. The quantitative estimate of drug-likeness (QED) is 0.797. The van der Waals surface area contributed by atoms with Gasteiger partial charge in [0.1, 0.15) is 0 Å². The average molecular weight is 296 g/mol. The van der Waals surface area contributed by atoms with Gasteiger partial charge in [-0.05, 0) is 36.6 Å². The van der Waals surface area contributed by atoms with Crippen molar-refractivity contribution in [3.05, 3.63) is 46.1 Å². The van der Waals surface area contributed by atoms with E-state index in [0.717, 1.165) is 22.0 Å². The smallest absolute Gasteiger partial charge is 0.328 e. The van der Waals surface area contributed by atoms with Crippen LogP contribution in [0.1, 0.15) is 13.3 Å². The highest BCUT2D eigenvalue weighted by atomic mass is 79.9. The molecule has 0 aromatic carbocycles. The molecular weight excluding hydrogens is 282 g/mol. The van der Waals surface area contributed by atoms with Gasteiger partial charge in [-0.2, -0.15) is 0 Å². The van der Waals surface area contributed by atoms with Gasteiger partial charge in [0.05, 0.1) is 5.54 Å². The SMILES string of the molecule is CN1C=C(C=CC(=O)O)C2=CC(Br)=CCC21C. The van der Waals surface area contributed by atoms with E-state index in [4.69, 9.17) is 5.11 Å². The molecule has 1 aliphatic heterocycles. The molecule has 4 heteroatoms. The second-order valence-electron chi connectivity index (χ2n) is 4.49. The number of hydrogen-bond acceptors (Lipinski definition) is 2. The highest BCUT2D eigenvalue weighted by Gasteiger charge is 2.39. The molecule has 0 fully saturated rings. The summed E-state index contributed by atoms with van der Waals surface area (Å²) >= 11 is 3.47. The summed E-state index contributed by atoms with van der Waals surface area (Å²) in [7, 11) is 2.02. The summed E-state index contributed by atoms with van der Waals surface area (Å²) in [5.74, 6) is -0.923. The third kappa shape index (κ3) is 2.09. The van der Waals surface area contributed by atoms with Gasteiger partial charge < -0.3 is 10.0 Å². The first-order valence-electron chi connectivity index (χ1n) is 5.37. The van der Waals surface area contributed by atoms with Gasteiger partial charge in [0.15, 0.2) is 0 Å². The number of rotatable bonds is 2. The number of hydrogen-bond donors (Lipinski definition) is 1. The number of likely N-dealkylation sites (N-methyl/N-ethyl adjacent to an activating group) is 1. The number of carboxylic acid groups (broad SMARTS) is 1. The van der Waals surface area contributed by atoms with Gasteiger partial charge in [-0.15, -0.1) is 0 Å². The Labute approximate surface area is 109 Å². The Morgan fingerprint density at radius 3 is 3.00 bits per heavy atom. The van der Waals surface area contributed by atoms with Crippen molar-refractivity contribution in [1.82, 2.24) is 4.90 Å². The van der Waals surface area contributed by atoms with Gasteiger partial charge in [0.25, 0.3) is 0 Å². The summed E-state index contributed by atoms with van der Waals surface area (Å²) in [4.78, 5) is 12.7. The van der Waals surface area contributed by atoms with E-state index in [0.29, 0.717) is 0 Å². The zero-order valence-corrected chi connectivity index (χ0v) is 11.4. The molecule has 90 valence electrons. The van der Waals surface area contributed by atoms with Crippen LogP contribution in [0.15, 0.2) is 46.1 Å². The fourth-order valence-corrected chi connectivity index (χ4v) is 2.59. The van der Waals surface area contributed by atoms with Crippen LogP contribution in [-0.4, -0.2) is 28.6 Å². The fourth-order valence-electron chi connectivity index (χ4n) is 2.20. The number of carboxylic acids is 1. The van der Waals surface area contributed by atoms with Crippen LogP contribution >= 0.6 is 15.9 Å². The minimum absolute atomic E-state index is 0.0601. The molecule has 1 aliphatic carbocycles. The largest absolute Gasteiger partial charge is 0.478 e. The van der Waals surface area contributed by atoms with Crippen LogP contribution < -0.4 is 0 Å². The summed E-state index contributed by atoms with van der Waals surface area (Å²) in [6.07, 6.45) is 9.93. The Hall–Kier alpha value is -1.29.